The van der Waals surface area contributed by atoms with E-state index in [2.05, 4.69) is 15.9 Å². The van der Waals surface area contributed by atoms with Gasteiger partial charge in [0.1, 0.15) is 11.9 Å². The number of benzene rings is 1. The lowest BCUT2D eigenvalue weighted by Crippen LogP contribution is -2.39. The molecule has 0 aliphatic carbocycles. The van der Waals surface area contributed by atoms with Crippen LogP contribution in [0.15, 0.2) is 28.7 Å². The van der Waals surface area contributed by atoms with E-state index in [-0.39, 0.29) is 18.5 Å². The first-order valence-corrected chi connectivity index (χ1v) is 7.02. The maximum Gasteiger partial charge on any atom is 0.326 e. The highest BCUT2D eigenvalue weighted by atomic mass is 79.9. The number of halogens is 2. The van der Waals surface area contributed by atoms with Crippen molar-refractivity contribution in [3.63, 3.8) is 0 Å². The second-order valence-electron chi connectivity index (χ2n) is 4.73. The van der Waals surface area contributed by atoms with Gasteiger partial charge in [0.15, 0.2) is 0 Å². The number of carboxylic acids is 1. The number of carbonyl (C=O) groups is 2. The number of carboxylic acid groups (broad SMARTS) is 1. The highest BCUT2D eigenvalue weighted by molar-refractivity contribution is 9.10. The molecule has 0 radical (unpaired) electrons. The third kappa shape index (κ3) is 3.68. The van der Waals surface area contributed by atoms with Gasteiger partial charge < -0.3 is 15.1 Å². The maximum absolute atomic E-state index is 13.5. The third-order valence-corrected chi connectivity index (χ3v) is 3.70. The molecule has 1 heterocycles. The van der Waals surface area contributed by atoms with Gasteiger partial charge >= 0.3 is 5.97 Å². The topological polar surface area (TPSA) is 77.8 Å². The van der Waals surface area contributed by atoms with Crippen molar-refractivity contribution >= 4 is 33.9 Å². The van der Waals surface area contributed by atoms with E-state index in [1.807, 2.05) is 0 Å². The first-order valence-electron chi connectivity index (χ1n) is 6.23. The van der Waals surface area contributed by atoms with Gasteiger partial charge in [-0.15, -0.1) is 0 Å². The van der Waals surface area contributed by atoms with Gasteiger partial charge in [-0.05, 0) is 24.3 Å². The van der Waals surface area contributed by atoms with Gasteiger partial charge in [-0.1, -0.05) is 15.9 Å². The second kappa shape index (κ2) is 6.36. The van der Waals surface area contributed by atoms with Gasteiger partial charge in [-0.25, -0.2) is 9.18 Å². The number of β-amino-alcohol motifs (C(OH)–C–C–N with tert-alkyl or cyclic N) is 1. The van der Waals surface area contributed by atoms with Crippen molar-refractivity contribution in [3.05, 3.63) is 40.1 Å². The number of hydrogen-bond acceptors (Lipinski definition) is 3. The lowest BCUT2D eigenvalue weighted by atomic mass is 10.2. The highest BCUT2D eigenvalue weighted by Gasteiger charge is 2.37. The lowest BCUT2D eigenvalue weighted by molar-refractivity contribution is -0.146. The summed E-state index contributed by atoms with van der Waals surface area (Å²) in [5, 5.41) is 18.5. The summed E-state index contributed by atoms with van der Waals surface area (Å²) in [6.45, 7) is -0.0406. The Morgan fingerprint density at radius 1 is 1.43 bits per heavy atom. The minimum Gasteiger partial charge on any atom is -0.480 e. The van der Waals surface area contributed by atoms with Crippen LogP contribution in [0.2, 0.25) is 0 Å². The zero-order chi connectivity index (χ0) is 15.6. The van der Waals surface area contributed by atoms with Gasteiger partial charge in [0, 0.05) is 29.1 Å². The van der Waals surface area contributed by atoms with Gasteiger partial charge in [0.05, 0.1) is 6.10 Å². The number of aliphatic hydroxyl groups excluding tert-OH is 1. The number of hydrogen-bond donors (Lipinski definition) is 2. The summed E-state index contributed by atoms with van der Waals surface area (Å²) >= 11 is 3.20. The van der Waals surface area contributed by atoms with Crippen LogP contribution in [0.25, 0.3) is 6.08 Å². The molecule has 5 nitrogen and oxygen atoms in total. The number of aliphatic carboxylic acids is 1. The smallest absolute Gasteiger partial charge is 0.326 e. The van der Waals surface area contributed by atoms with Crippen LogP contribution in [0.1, 0.15) is 12.0 Å². The van der Waals surface area contributed by atoms with E-state index in [9.17, 15) is 19.1 Å². The molecule has 1 amide bonds. The molecule has 1 fully saturated rings. The molecule has 0 saturated carbocycles. The second-order valence-corrected chi connectivity index (χ2v) is 5.65. The van der Waals surface area contributed by atoms with E-state index < -0.39 is 29.8 Å². The van der Waals surface area contributed by atoms with Crippen molar-refractivity contribution in [2.45, 2.75) is 18.6 Å². The van der Waals surface area contributed by atoms with E-state index in [0.717, 1.165) is 11.0 Å². The Hall–Kier alpha value is -1.73. The minimum atomic E-state index is -1.16. The van der Waals surface area contributed by atoms with Crippen molar-refractivity contribution in [1.29, 1.82) is 0 Å². The van der Waals surface area contributed by atoms with Gasteiger partial charge in [0.25, 0.3) is 0 Å². The Labute approximate surface area is 128 Å². The average molecular weight is 358 g/mol. The fourth-order valence-electron chi connectivity index (χ4n) is 2.19. The molecule has 1 aliphatic rings. The molecule has 2 rings (SSSR count). The summed E-state index contributed by atoms with van der Waals surface area (Å²) in [7, 11) is 0. The van der Waals surface area contributed by atoms with Crippen molar-refractivity contribution in [2.75, 3.05) is 6.54 Å². The fraction of sp³-hybridized carbons (Fsp3) is 0.286. The van der Waals surface area contributed by atoms with Crippen molar-refractivity contribution < 1.29 is 24.2 Å². The number of carbonyl (C=O) groups excluding carboxylic acids is 1. The van der Waals surface area contributed by atoms with Gasteiger partial charge in [-0.3, -0.25) is 4.79 Å². The van der Waals surface area contributed by atoms with E-state index in [1.165, 1.54) is 24.3 Å². The standard InChI is InChI=1S/C14H13BrFNO4/c15-9-2-3-11(16)8(5-9)1-4-13(19)17-7-10(18)6-12(17)14(20)21/h1-5,10,12,18H,6-7H2,(H,20,21)/t10-,12+/m1/s1. The van der Waals surface area contributed by atoms with E-state index in [1.54, 1.807) is 0 Å². The molecule has 1 aromatic carbocycles. The Morgan fingerprint density at radius 3 is 2.81 bits per heavy atom. The molecule has 0 unspecified atom stereocenters. The molecule has 2 atom stereocenters. The van der Waals surface area contributed by atoms with E-state index in [4.69, 9.17) is 5.11 Å². The van der Waals surface area contributed by atoms with Crippen LogP contribution < -0.4 is 0 Å². The summed E-state index contributed by atoms with van der Waals surface area (Å²) in [5.74, 6) is -2.22. The summed E-state index contributed by atoms with van der Waals surface area (Å²) in [6, 6.07) is 3.25. The molecule has 112 valence electrons. The molecule has 1 aromatic rings. The zero-order valence-electron chi connectivity index (χ0n) is 10.9. The van der Waals surface area contributed by atoms with Crippen molar-refractivity contribution in [2.24, 2.45) is 0 Å². The fourth-order valence-corrected chi connectivity index (χ4v) is 2.57. The Morgan fingerprint density at radius 2 is 2.14 bits per heavy atom. The molecule has 0 spiro atoms. The van der Waals surface area contributed by atoms with Gasteiger partial charge in [-0.2, -0.15) is 0 Å². The molecule has 7 heteroatoms. The molecular weight excluding hydrogens is 345 g/mol. The van der Waals surface area contributed by atoms with Crippen LogP contribution >= 0.6 is 15.9 Å². The van der Waals surface area contributed by atoms with Crippen molar-refractivity contribution in [1.82, 2.24) is 4.90 Å². The molecule has 21 heavy (non-hydrogen) atoms. The molecule has 0 bridgehead atoms. The summed E-state index contributed by atoms with van der Waals surface area (Å²) in [5.41, 5.74) is 0.212. The zero-order valence-corrected chi connectivity index (χ0v) is 12.5. The first kappa shape index (κ1) is 15.7. The number of amides is 1. The Bertz CT molecular complexity index is 605. The SMILES string of the molecule is O=C(O)[C@@H]1C[C@@H](O)CN1C(=O)C=Cc1cc(Br)ccc1F. The van der Waals surface area contributed by atoms with Crippen LogP contribution in [0.5, 0.6) is 0 Å². The maximum atomic E-state index is 13.5. The van der Waals surface area contributed by atoms with E-state index >= 15 is 0 Å². The van der Waals surface area contributed by atoms with Crippen LogP contribution in [0.4, 0.5) is 4.39 Å². The monoisotopic (exact) mass is 357 g/mol. The molecule has 0 aromatic heterocycles. The largest absolute Gasteiger partial charge is 0.480 e. The highest BCUT2D eigenvalue weighted by Crippen LogP contribution is 2.20. The molecular formula is C14H13BrFNO4. The summed E-state index contributed by atoms with van der Waals surface area (Å²) in [4.78, 5) is 24.1. The van der Waals surface area contributed by atoms with Crippen LogP contribution in [0, 0.1) is 5.82 Å². The molecule has 2 N–H and O–H groups in total. The Balaban J connectivity index is 2.15. The number of aliphatic hydroxyl groups is 1. The summed E-state index contributed by atoms with van der Waals surface area (Å²) in [6.07, 6.45) is 1.54. The summed E-state index contributed by atoms with van der Waals surface area (Å²) < 4.78 is 14.2. The van der Waals surface area contributed by atoms with Crippen LogP contribution in [0.3, 0.4) is 0 Å². The Kier molecular flexibility index (Phi) is 4.74. The predicted octanol–water partition coefficient (Wildman–Crippen LogP) is 1.65. The normalized spacial score (nSPS) is 22.0. The van der Waals surface area contributed by atoms with Gasteiger partial charge in [0.2, 0.25) is 5.91 Å². The van der Waals surface area contributed by atoms with Crippen LogP contribution in [-0.2, 0) is 9.59 Å². The average Bonchev–Trinajstić information content (AvgIpc) is 2.82. The minimum absolute atomic E-state index is 0.000158. The third-order valence-electron chi connectivity index (χ3n) is 3.21. The number of likely N-dealkylation sites (tertiary alicyclic amines) is 1. The lowest BCUT2D eigenvalue weighted by Gasteiger charge is -2.19. The first-order chi connectivity index (χ1) is 9.88. The molecule has 1 saturated heterocycles. The number of rotatable bonds is 3. The molecule has 1 aliphatic heterocycles. The van der Waals surface area contributed by atoms with E-state index in [0.29, 0.717) is 4.47 Å². The predicted molar refractivity (Wildman–Crippen MR) is 76.9 cm³/mol. The van der Waals surface area contributed by atoms with Crippen LogP contribution in [-0.4, -0.2) is 45.7 Å². The quantitative estimate of drug-likeness (QED) is 0.806. The number of nitrogens with zero attached hydrogens (tertiary/aromatic N) is 1. The van der Waals surface area contributed by atoms with Crippen molar-refractivity contribution in [3.8, 4) is 0 Å².